The Hall–Kier alpha value is -2.71. The number of esters is 1. The summed E-state index contributed by atoms with van der Waals surface area (Å²) < 4.78 is 8.90. The predicted molar refractivity (Wildman–Crippen MR) is 233 cm³/mol. The Balaban J connectivity index is 0.962. The van der Waals surface area contributed by atoms with Gasteiger partial charge >= 0.3 is 11.9 Å². The molecule has 0 unspecified atom stereocenters. The molecular weight excluding hydrogens is 749 g/mol. The number of fused-ring (bicyclic) bond motifs is 9. The minimum Gasteiger partial charge on any atom is -0.481 e. The first-order chi connectivity index (χ1) is 28.0. The Morgan fingerprint density at radius 2 is 1.43 bits per heavy atom. The molecule has 332 valence electrons. The molecular formula is C51H78N4O5. The van der Waals surface area contributed by atoms with Gasteiger partial charge in [-0.25, -0.2) is 0 Å². The maximum absolute atomic E-state index is 15.7. The molecule has 9 heteroatoms. The molecule has 6 aliphatic carbocycles. The lowest BCUT2D eigenvalue weighted by molar-refractivity contribution is -0.251. The van der Waals surface area contributed by atoms with Crippen LogP contribution in [0.25, 0.3) is 0 Å². The third-order valence-corrected chi connectivity index (χ3v) is 21.3. The highest BCUT2D eigenvalue weighted by Gasteiger charge is 2.73. The first-order valence-corrected chi connectivity index (χ1v) is 24.4. The van der Waals surface area contributed by atoms with Crippen LogP contribution in [0.3, 0.4) is 0 Å². The molecule has 8 fully saturated rings. The molecule has 1 amide bonds. The van der Waals surface area contributed by atoms with E-state index in [2.05, 4.69) is 88.6 Å². The number of aryl methyl sites for hydroxylation is 1. The van der Waals surface area contributed by atoms with Gasteiger partial charge in [-0.05, 0) is 161 Å². The first kappa shape index (κ1) is 42.6. The highest BCUT2D eigenvalue weighted by Crippen LogP contribution is 2.78. The summed E-state index contributed by atoms with van der Waals surface area (Å²) in [6.45, 7) is 29.9. The van der Waals surface area contributed by atoms with Crippen molar-refractivity contribution in [2.24, 2.45) is 73.9 Å². The van der Waals surface area contributed by atoms with Gasteiger partial charge in [-0.1, -0.05) is 74.5 Å². The van der Waals surface area contributed by atoms with E-state index in [9.17, 15) is 14.7 Å². The molecule has 0 aromatic carbocycles. The van der Waals surface area contributed by atoms with Crippen LogP contribution in [-0.2, 0) is 19.1 Å². The van der Waals surface area contributed by atoms with E-state index in [0.29, 0.717) is 66.0 Å². The number of ether oxygens (including phenoxy) is 1. The van der Waals surface area contributed by atoms with E-state index in [1.165, 1.54) is 24.8 Å². The summed E-state index contributed by atoms with van der Waals surface area (Å²) in [5.74, 6) is 3.28. The van der Waals surface area contributed by atoms with Gasteiger partial charge in [-0.3, -0.25) is 14.4 Å². The van der Waals surface area contributed by atoms with Crippen LogP contribution in [0.15, 0.2) is 12.2 Å². The van der Waals surface area contributed by atoms with E-state index < -0.39 is 17.3 Å². The molecule has 0 spiro atoms. The van der Waals surface area contributed by atoms with Gasteiger partial charge in [0.2, 0.25) is 5.91 Å². The highest BCUT2D eigenvalue weighted by atomic mass is 16.5. The smallest absolute Gasteiger partial charge is 0.309 e. The van der Waals surface area contributed by atoms with Crippen LogP contribution in [-0.4, -0.2) is 60.8 Å². The molecule has 15 atom stereocenters. The predicted octanol–water partition coefficient (Wildman–Crippen LogP) is 10.7. The average Bonchev–Trinajstić information content (AvgIpc) is 3.83. The second-order valence-electron chi connectivity index (χ2n) is 24.5. The number of carbonyl (C=O) groups is 3. The topological polar surface area (TPSA) is 115 Å². The summed E-state index contributed by atoms with van der Waals surface area (Å²) in [5, 5.41) is 18.8. The number of nitrogens with zero attached hydrogens (tertiary/aromatic N) is 4. The Morgan fingerprint density at radius 1 is 0.750 bits per heavy atom. The molecule has 1 aromatic rings. The summed E-state index contributed by atoms with van der Waals surface area (Å²) in [7, 11) is 0. The van der Waals surface area contributed by atoms with Crippen molar-refractivity contribution >= 4 is 17.8 Å². The molecule has 8 aliphatic rings. The molecule has 3 heterocycles. The van der Waals surface area contributed by atoms with Crippen LogP contribution >= 0.6 is 0 Å². The van der Waals surface area contributed by atoms with Gasteiger partial charge < -0.3 is 19.3 Å². The number of allylic oxidation sites excluding steroid dienone is 1. The molecule has 60 heavy (non-hydrogen) atoms. The van der Waals surface area contributed by atoms with E-state index in [1.807, 2.05) is 13.8 Å². The number of piperidine rings is 1. The third-order valence-electron chi connectivity index (χ3n) is 21.3. The number of carbonyl (C=O) groups excluding carboxylic acids is 2. The van der Waals surface area contributed by atoms with Crippen molar-refractivity contribution in [2.75, 3.05) is 0 Å². The second kappa shape index (κ2) is 13.9. The summed E-state index contributed by atoms with van der Waals surface area (Å²) in [4.78, 5) is 43.8. The van der Waals surface area contributed by atoms with Crippen LogP contribution in [0.2, 0.25) is 0 Å². The largest absolute Gasteiger partial charge is 0.481 e. The molecule has 1 N–H and O–H groups in total. The quantitative estimate of drug-likeness (QED) is 0.215. The number of hydrogen-bond acceptors (Lipinski definition) is 6. The van der Waals surface area contributed by atoms with Crippen molar-refractivity contribution in [2.45, 2.75) is 203 Å². The highest BCUT2D eigenvalue weighted by molar-refractivity contribution is 5.85. The summed E-state index contributed by atoms with van der Waals surface area (Å²) in [6, 6.07) is 0.936. The van der Waals surface area contributed by atoms with Gasteiger partial charge in [0.15, 0.2) is 0 Å². The number of carboxylic acid groups (broad SMARTS) is 1. The molecule has 1 aromatic heterocycles. The van der Waals surface area contributed by atoms with Crippen LogP contribution in [0, 0.1) is 80.8 Å². The van der Waals surface area contributed by atoms with Crippen molar-refractivity contribution in [1.29, 1.82) is 0 Å². The fraction of sp³-hybridized carbons (Fsp3) is 0.863. The lowest BCUT2D eigenvalue weighted by Gasteiger charge is -2.73. The molecule has 2 bridgehead atoms. The average molecular weight is 827 g/mol. The number of hydrogen-bond donors (Lipinski definition) is 1. The summed E-state index contributed by atoms with van der Waals surface area (Å²) in [6.07, 6.45) is 15.3. The van der Waals surface area contributed by atoms with E-state index >= 15 is 4.79 Å². The normalized spacial score (nSPS) is 46.1. The number of rotatable bonds is 7. The van der Waals surface area contributed by atoms with Crippen LogP contribution < -0.4 is 0 Å². The van der Waals surface area contributed by atoms with Gasteiger partial charge in [0, 0.05) is 29.5 Å². The summed E-state index contributed by atoms with van der Waals surface area (Å²) >= 11 is 0. The van der Waals surface area contributed by atoms with Gasteiger partial charge in [-0.2, -0.15) is 0 Å². The molecule has 6 saturated carbocycles. The van der Waals surface area contributed by atoms with Gasteiger partial charge in [0.1, 0.15) is 17.8 Å². The standard InChI is InChI=1S/C51H78N4O5/c1-28(2)34-17-22-51(45(59)55-31-13-14-32(55)26-33(25-31)54-30(5)52-53-42(54)29(3)4)24-23-49(11)35(41(34)51)15-16-39-48(10)20-19-40(47(8,9)38(48)18-21-50(39,49)12)60-44(58)37-27-36(43(56)57)46(37,6)7/h29,31-41H,1,13-27H2,2-12H3,(H,56,57)/t31-,32+,33+,34-,35+,36-,37+,38-,39+,40-,41+,48-,49+,50+,51-/m0/s1. The van der Waals surface area contributed by atoms with Crippen molar-refractivity contribution in [3.05, 3.63) is 23.8 Å². The van der Waals surface area contributed by atoms with E-state index in [1.54, 1.807) is 0 Å². The number of amides is 1. The lowest BCUT2D eigenvalue weighted by Crippen LogP contribution is -2.68. The zero-order valence-electron chi connectivity index (χ0n) is 39.1. The molecule has 9 nitrogen and oxygen atoms in total. The first-order valence-electron chi connectivity index (χ1n) is 24.4. The zero-order valence-corrected chi connectivity index (χ0v) is 39.1. The fourth-order valence-electron chi connectivity index (χ4n) is 17.8. The Kier molecular flexibility index (Phi) is 9.86. The van der Waals surface area contributed by atoms with Crippen molar-refractivity contribution in [3.63, 3.8) is 0 Å². The Labute approximate surface area is 361 Å². The Bertz CT molecular complexity index is 1940. The van der Waals surface area contributed by atoms with Gasteiger partial charge in [0.05, 0.1) is 17.3 Å². The Morgan fingerprint density at radius 3 is 2.05 bits per heavy atom. The minimum atomic E-state index is -0.813. The minimum absolute atomic E-state index is 0.130. The van der Waals surface area contributed by atoms with E-state index in [0.717, 1.165) is 82.3 Å². The molecule has 2 aliphatic heterocycles. The summed E-state index contributed by atoms with van der Waals surface area (Å²) in [5.41, 5.74) is 0.633. The fourth-order valence-corrected chi connectivity index (χ4v) is 17.8. The number of carboxylic acids is 1. The van der Waals surface area contributed by atoms with Gasteiger partial charge in [-0.15, -0.1) is 10.2 Å². The van der Waals surface area contributed by atoms with Gasteiger partial charge in [0.25, 0.3) is 0 Å². The number of aromatic nitrogens is 3. The second-order valence-corrected chi connectivity index (χ2v) is 24.5. The van der Waals surface area contributed by atoms with Crippen LogP contribution in [0.1, 0.15) is 189 Å². The number of aliphatic carboxylic acids is 1. The zero-order chi connectivity index (χ0) is 43.3. The van der Waals surface area contributed by atoms with Crippen molar-refractivity contribution < 1.29 is 24.2 Å². The molecule has 0 radical (unpaired) electrons. The van der Waals surface area contributed by atoms with Crippen LogP contribution in [0.4, 0.5) is 0 Å². The van der Waals surface area contributed by atoms with E-state index in [4.69, 9.17) is 4.74 Å². The monoisotopic (exact) mass is 827 g/mol. The van der Waals surface area contributed by atoms with E-state index in [-0.39, 0.29) is 45.1 Å². The third kappa shape index (κ3) is 5.62. The molecule has 9 rings (SSSR count). The van der Waals surface area contributed by atoms with Crippen LogP contribution in [0.5, 0.6) is 0 Å². The maximum Gasteiger partial charge on any atom is 0.309 e. The SMILES string of the molecule is C=C(C)[C@@H]1CC[C@]2(C(=O)N3[C@@H]4CC[C@H]3C[C@@H](n3c(C)nnc3C(C)C)C4)CC[C@]3(C)[C@H](CC[C@@H]4[C@@]5(C)CC[C@H](OC(=O)[C@H]6C[C@@H](C(=O)O)C6(C)C)C(C)(C)[C@@H]5CC[C@]43C)[C@@H]12. The van der Waals surface area contributed by atoms with Crippen molar-refractivity contribution in [1.82, 2.24) is 19.7 Å². The maximum atomic E-state index is 15.7. The lowest BCUT2D eigenvalue weighted by atomic mass is 9.32. The molecule has 2 saturated heterocycles. The van der Waals surface area contributed by atoms with Crippen molar-refractivity contribution in [3.8, 4) is 0 Å².